The van der Waals surface area contributed by atoms with Crippen LogP contribution >= 0.6 is 0 Å². The van der Waals surface area contributed by atoms with Gasteiger partial charge in [-0.2, -0.15) is 15.2 Å². The summed E-state index contributed by atoms with van der Waals surface area (Å²) in [5.74, 6) is 1.21. The zero-order valence-corrected chi connectivity index (χ0v) is 18.0. The lowest BCUT2D eigenvalue weighted by atomic mass is 10.1. The summed E-state index contributed by atoms with van der Waals surface area (Å²) in [4.78, 5) is 11.4. The van der Waals surface area contributed by atoms with E-state index in [2.05, 4.69) is 60.0 Å². The van der Waals surface area contributed by atoms with Gasteiger partial charge in [0.1, 0.15) is 5.82 Å². The van der Waals surface area contributed by atoms with Crippen molar-refractivity contribution in [1.82, 2.24) is 25.1 Å². The van der Waals surface area contributed by atoms with Gasteiger partial charge in [0.25, 0.3) is 0 Å². The van der Waals surface area contributed by atoms with E-state index in [-0.39, 0.29) is 0 Å². The molecule has 2 N–H and O–H groups in total. The van der Waals surface area contributed by atoms with Gasteiger partial charge in [-0.1, -0.05) is 30.3 Å². The smallest absolute Gasteiger partial charge is 0.229 e. The Balaban J connectivity index is 1.28. The molecule has 1 aliphatic rings. The molecule has 32 heavy (non-hydrogen) atoms. The Hall–Kier alpha value is -3.62. The third-order valence-corrected chi connectivity index (χ3v) is 5.51. The first kappa shape index (κ1) is 20.3. The van der Waals surface area contributed by atoms with Crippen molar-refractivity contribution in [1.29, 1.82) is 0 Å². The summed E-state index contributed by atoms with van der Waals surface area (Å²) in [6.45, 7) is 6.55. The number of aromatic nitrogens is 4. The first-order valence-corrected chi connectivity index (χ1v) is 10.7. The molecule has 0 saturated carbocycles. The van der Waals surface area contributed by atoms with Gasteiger partial charge >= 0.3 is 0 Å². The molecule has 1 fully saturated rings. The first-order valence-electron chi connectivity index (χ1n) is 10.7. The SMILES string of the molecule is Cc1cccc2c(Nc3ccnc(Nc4ccc(CN5CCOCC5)cc4)n3)cnnc12. The van der Waals surface area contributed by atoms with Crippen molar-refractivity contribution < 1.29 is 4.74 Å². The molecule has 1 saturated heterocycles. The Morgan fingerprint density at radius 2 is 1.84 bits per heavy atom. The summed E-state index contributed by atoms with van der Waals surface area (Å²) >= 11 is 0. The Kier molecular flexibility index (Phi) is 5.87. The Morgan fingerprint density at radius 1 is 1.00 bits per heavy atom. The zero-order valence-electron chi connectivity index (χ0n) is 18.0. The van der Waals surface area contributed by atoms with E-state index >= 15 is 0 Å². The third kappa shape index (κ3) is 4.66. The van der Waals surface area contributed by atoms with Gasteiger partial charge in [-0.25, -0.2) is 4.98 Å². The van der Waals surface area contributed by atoms with E-state index in [4.69, 9.17) is 4.74 Å². The van der Waals surface area contributed by atoms with Gasteiger partial charge in [0.15, 0.2) is 0 Å². The molecule has 1 aliphatic heterocycles. The number of ether oxygens (including phenoxy) is 1. The monoisotopic (exact) mass is 427 g/mol. The maximum absolute atomic E-state index is 5.42. The molecule has 0 amide bonds. The van der Waals surface area contributed by atoms with E-state index in [0.29, 0.717) is 11.8 Å². The van der Waals surface area contributed by atoms with Crippen molar-refractivity contribution >= 4 is 34.0 Å². The van der Waals surface area contributed by atoms with Gasteiger partial charge in [-0.3, -0.25) is 4.90 Å². The van der Waals surface area contributed by atoms with Crippen molar-refractivity contribution in [3.8, 4) is 0 Å². The number of hydrogen-bond acceptors (Lipinski definition) is 8. The van der Waals surface area contributed by atoms with Gasteiger partial charge in [-0.05, 0) is 36.2 Å². The number of morpholine rings is 1. The van der Waals surface area contributed by atoms with Gasteiger partial charge < -0.3 is 15.4 Å². The van der Waals surface area contributed by atoms with Crippen LogP contribution in [0.2, 0.25) is 0 Å². The lowest BCUT2D eigenvalue weighted by Gasteiger charge is -2.26. The summed E-state index contributed by atoms with van der Waals surface area (Å²) in [6.07, 6.45) is 3.44. The minimum absolute atomic E-state index is 0.526. The lowest BCUT2D eigenvalue weighted by molar-refractivity contribution is 0.0342. The molecule has 5 rings (SSSR count). The molecule has 2 aromatic carbocycles. The van der Waals surface area contributed by atoms with Crippen LogP contribution in [0.1, 0.15) is 11.1 Å². The standard InChI is InChI=1S/C24H25N7O/c1-17-3-2-4-20-21(15-26-30-23(17)20)28-22-9-10-25-24(29-22)27-19-7-5-18(6-8-19)16-31-11-13-32-14-12-31/h2-10,15H,11-14,16H2,1H3,(H2,25,27,28,29,30). The van der Waals surface area contributed by atoms with Crippen LogP contribution in [0, 0.1) is 6.92 Å². The van der Waals surface area contributed by atoms with Crippen LogP contribution in [-0.4, -0.2) is 51.4 Å². The van der Waals surface area contributed by atoms with Crippen LogP contribution in [0.5, 0.6) is 0 Å². The Bertz CT molecular complexity index is 1210. The molecule has 8 nitrogen and oxygen atoms in total. The molecule has 0 spiro atoms. The molecule has 0 aliphatic carbocycles. The fraction of sp³-hybridized carbons (Fsp3) is 0.250. The quantitative estimate of drug-likeness (QED) is 0.477. The van der Waals surface area contributed by atoms with E-state index in [1.165, 1.54) is 5.56 Å². The summed E-state index contributed by atoms with van der Waals surface area (Å²) in [6, 6.07) is 16.3. The number of nitrogens with zero attached hydrogens (tertiary/aromatic N) is 5. The number of hydrogen-bond donors (Lipinski definition) is 2. The second kappa shape index (κ2) is 9.25. The molecule has 8 heteroatoms. The predicted molar refractivity (Wildman–Crippen MR) is 125 cm³/mol. The van der Waals surface area contributed by atoms with E-state index in [1.807, 2.05) is 31.2 Å². The molecule has 0 atom stereocenters. The lowest BCUT2D eigenvalue weighted by Crippen LogP contribution is -2.35. The fourth-order valence-corrected chi connectivity index (χ4v) is 3.79. The zero-order chi connectivity index (χ0) is 21.8. The minimum atomic E-state index is 0.526. The van der Waals surface area contributed by atoms with Gasteiger partial charge in [0.05, 0.1) is 30.6 Å². The van der Waals surface area contributed by atoms with Crippen LogP contribution in [0.4, 0.5) is 23.1 Å². The second-order valence-electron chi connectivity index (χ2n) is 7.83. The number of aryl methyl sites for hydroxylation is 1. The molecule has 0 bridgehead atoms. The number of nitrogens with one attached hydrogen (secondary N) is 2. The van der Waals surface area contributed by atoms with Crippen molar-refractivity contribution in [2.75, 3.05) is 36.9 Å². The van der Waals surface area contributed by atoms with Crippen molar-refractivity contribution in [2.24, 2.45) is 0 Å². The largest absolute Gasteiger partial charge is 0.379 e. The van der Waals surface area contributed by atoms with Gasteiger partial charge in [0, 0.05) is 36.9 Å². The highest BCUT2D eigenvalue weighted by atomic mass is 16.5. The molecule has 3 heterocycles. The first-order chi connectivity index (χ1) is 15.7. The van der Waals surface area contributed by atoms with Crippen LogP contribution in [0.15, 0.2) is 60.9 Å². The van der Waals surface area contributed by atoms with Crippen molar-refractivity contribution in [3.05, 3.63) is 72.1 Å². The predicted octanol–water partition coefficient (Wildman–Crippen LogP) is 4.05. The number of anilines is 4. The van der Waals surface area contributed by atoms with E-state index in [9.17, 15) is 0 Å². The maximum atomic E-state index is 5.42. The van der Waals surface area contributed by atoms with E-state index < -0.39 is 0 Å². The molecule has 2 aromatic heterocycles. The van der Waals surface area contributed by atoms with Gasteiger partial charge in [-0.15, -0.1) is 0 Å². The van der Waals surface area contributed by atoms with Crippen LogP contribution < -0.4 is 10.6 Å². The van der Waals surface area contributed by atoms with Crippen LogP contribution in [0.25, 0.3) is 10.9 Å². The van der Waals surface area contributed by atoms with Gasteiger partial charge in [0.2, 0.25) is 5.95 Å². The maximum Gasteiger partial charge on any atom is 0.229 e. The second-order valence-corrected chi connectivity index (χ2v) is 7.83. The van der Waals surface area contributed by atoms with Crippen LogP contribution in [-0.2, 0) is 11.3 Å². The number of rotatable bonds is 6. The highest BCUT2D eigenvalue weighted by Crippen LogP contribution is 2.25. The van der Waals surface area contributed by atoms with Crippen molar-refractivity contribution in [3.63, 3.8) is 0 Å². The highest BCUT2D eigenvalue weighted by molar-refractivity contribution is 5.93. The Labute approximate surface area is 186 Å². The molecule has 4 aromatic rings. The summed E-state index contributed by atoms with van der Waals surface area (Å²) in [5, 5.41) is 16.0. The number of fused-ring (bicyclic) bond motifs is 1. The van der Waals surface area contributed by atoms with Crippen LogP contribution in [0.3, 0.4) is 0 Å². The molecule has 0 unspecified atom stereocenters. The Morgan fingerprint density at radius 3 is 2.69 bits per heavy atom. The molecular weight excluding hydrogens is 402 g/mol. The normalized spacial score (nSPS) is 14.4. The summed E-state index contributed by atoms with van der Waals surface area (Å²) in [5.41, 5.74) is 5.04. The minimum Gasteiger partial charge on any atom is -0.379 e. The average Bonchev–Trinajstić information content (AvgIpc) is 2.82. The topological polar surface area (TPSA) is 88.1 Å². The summed E-state index contributed by atoms with van der Waals surface area (Å²) in [7, 11) is 0. The van der Waals surface area contributed by atoms with E-state index in [0.717, 1.165) is 60.7 Å². The van der Waals surface area contributed by atoms with E-state index in [1.54, 1.807) is 12.4 Å². The third-order valence-electron chi connectivity index (χ3n) is 5.51. The van der Waals surface area contributed by atoms with Crippen molar-refractivity contribution in [2.45, 2.75) is 13.5 Å². The molecule has 0 radical (unpaired) electrons. The number of benzene rings is 2. The average molecular weight is 428 g/mol. The highest BCUT2D eigenvalue weighted by Gasteiger charge is 2.11. The fourth-order valence-electron chi connectivity index (χ4n) is 3.79. The molecule has 162 valence electrons. The molecular formula is C24H25N7O. The summed E-state index contributed by atoms with van der Waals surface area (Å²) < 4.78 is 5.42.